The van der Waals surface area contributed by atoms with Crippen molar-refractivity contribution >= 4 is 41.5 Å². The van der Waals surface area contributed by atoms with Crippen molar-refractivity contribution in [1.29, 1.82) is 0 Å². The van der Waals surface area contributed by atoms with Gasteiger partial charge in [-0.3, -0.25) is 0 Å². The summed E-state index contributed by atoms with van der Waals surface area (Å²) in [7, 11) is 2.57. The van der Waals surface area contributed by atoms with Crippen molar-refractivity contribution in [3.63, 3.8) is 0 Å². The molecule has 1 rings (SSSR count). The molecule has 1 aromatic carbocycles. The van der Waals surface area contributed by atoms with E-state index >= 15 is 0 Å². The molecule has 1 radical (unpaired) electrons. The molecule has 0 aliphatic carbocycles. The third-order valence-electron chi connectivity index (χ3n) is 1.70. The summed E-state index contributed by atoms with van der Waals surface area (Å²) >= 11 is 0. The molecule has 0 spiro atoms. The molecule has 75 valence electrons. The zero-order valence-electron chi connectivity index (χ0n) is 8.94. The SMILES string of the molecule is COC(=O)c1cccc(C(=O)OC)c1.[Na]. The minimum atomic E-state index is -0.476. The smallest absolute Gasteiger partial charge is 0.337 e. The molecule has 0 aliphatic rings. The van der Waals surface area contributed by atoms with E-state index in [-0.39, 0.29) is 29.6 Å². The van der Waals surface area contributed by atoms with Crippen LogP contribution in [0, 0.1) is 0 Å². The van der Waals surface area contributed by atoms with Crippen LogP contribution in [0.5, 0.6) is 0 Å². The van der Waals surface area contributed by atoms with Crippen LogP contribution in [0.3, 0.4) is 0 Å². The number of ether oxygens (including phenoxy) is 2. The Hall–Kier alpha value is -0.840. The first-order valence-electron chi connectivity index (χ1n) is 3.95. The largest absolute Gasteiger partial charge is 0.465 e. The van der Waals surface area contributed by atoms with E-state index in [1.54, 1.807) is 18.2 Å². The zero-order chi connectivity index (χ0) is 10.6. The predicted octanol–water partition coefficient (Wildman–Crippen LogP) is 0.879. The summed E-state index contributed by atoms with van der Waals surface area (Å²) < 4.78 is 9.03. The number of hydrogen-bond donors (Lipinski definition) is 0. The molecule has 0 saturated carbocycles. The normalized spacial score (nSPS) is 8.67. The molecule has 1 aromatic rings. The monoisotopic (exact) mass is 217 g/mol. The molecule has 15 heavy (non-hydrogen) atoms. The van der Waals surface area contributed by atoms with Crippen molar-refractivity contribution in [2.45, 2.75) is 0 Å². The molecule has 0 fully saturated rings. The number of rotatable bonds is 2. The van der Waals surface area contributed by atoms with Crippen molar-refractivity contribution < 1.29 is 19.1 Å². The number of carbonyl (C=O) groups excluding carboxylic acids is 2. The van der Waals surface area contributed by atoms with E-state index < -0.39 is 11.9 Å². The van der Waals surface area contributed by atoms with Gasteiger partial charge in [0.05, 0.1) is 25.3 Å². The number of hydrogen-bond acceptors (Lipinski definition) is 4. The molecule has 0 atom stereocenters. The van der Waals surface area contributed by atoms with Gasteiger partial charge in [-0.15, -0.1) is 0 Å². The van der Waals surface area contributed by atoms with Crippen LogP contribution in [0.15, 0.2) is 24.3 Å². The molecule has 0 unspecified atom stereocenters. The molecular weight excluding hydrogens is 207 g/mol. The summed E-state index contributed by atoms with van der Waals surface area (Å²) in [4.78, 5) is 22.2. The maximum Gasteiger partial charge on any atom is 0.337 e. The Bertz CT molecular complexity index is 331. The van der Waals surface area contributed by atoms with E-state index in [1.165, 1.54) is 20.3 Å². The van der Waals surface area contributed by atoms with Crippen LogP contribution >= 0.6 is 0 Å². The van der Waals surface area contributed by atoms with E-state index in [1.807, 2.05) is 0 Å². The van der Waals surface area contributed by atoms with Crippen LogP contribution in [0.2, 0.25) is 0 Å². The molecule has 0 N–H and O–H groups in total. The van der Waals surface area contributed by atoms with E-state index in [4.69, 9.17) is 0 Å². The zero-order valence-corrected chi connectivity index (χ0v) is 10.9. The Morgan fingerprint density at radius 1 is 1.00 bits per heavy atom. The van der Waals surface area contributed by atoms with E-state index in [9.17, 15) is 9.59 Å². The van der Waals surface area contributed by atoms with Crippen LogP contribution in [-0.4, -0.2) is 55.7 Å². The van der Waals surface area contributed by atoms with Gasteiger partial charge in [0.1, 0.15) is 0 Å². The Labute approximate surface area is 110 Å². The molecule has 0 heterocycles. The van der Waals surface area contributed by atoms with Crippen LogP contribution in [0.4, 0.5) is 0 Å². The molecule has 0 saturated heterocycles. The van der Waals surface area contributed by atoms with E-state index in [2.05, 4.69) is 9.47 Å². The van der Waals surface area contributed by atoms with Gasteiger partial charge >= 0.3 is 11.9 Å². The minimum absolute atomic E-state index is 0. The Morgan fingerprint density at radius 3 is 1.73 bits per heavy atom. The summed E-state index contributed by atoms with van der Waals surface area (Å²) in [6.45, 7) is 0. The van der Waals surface area contributed by atoms with Crippen LogP contribution in [-0.2, 0) is 9.47 Å². The fraction of sp³-hybridized carbons (Fsp3) is 0.200. The van der Waals surface area contributed by atoms with Gasteiger partial charge in [0.2, 0.25) is 0 Å². The Morgan fingerprint density at radius 2 is 1.40 bits per heavy atom. The van der Waals surface area contributed by atoms with Crippen molar-refractivity contribution in [3.05, 3.63) is 35.4 Å². The maximum absolute atomic E-state index is 11.1. The van der Waals surface area contributed by atoms with Crippen molar-refractivity contribution in [2.75, 3.05) is 14.2 Å². The van der Waals surface area contributed by atoms with Gasteiger partial charge in [-0.05, 0) is 18.2 Å². The second-order valence-electron chi connectivity index (χ2n) is 2.56. The van der Waals surface area contributed by atoms with Crippen molar-refractivity contribution in [1.82, 2.24) is 0 Å². The summed E-state index contributed by atoms with van der Waals surface area (Å²) in [6.07, 6.45) is 0. The summed E-state index contributed by atoms with van der Waals surface area (Å²) in [5, 5.41) is 0. The van der Waals surface area contributed by atoms with Gasteiger partial charge in [-0.1, -0.05) is 6.07 Å². The summed E-state index contributed by atoms with van der Waals surface area (Å²) in [6, 6.07) is 6.16. The first-order chi connectivity index (χ1) is 6.69. The van der Waals surface area contributed by atoms with Gasteiger partial charge in [-0.25, -0.2) is 9.59 Å². The molecular formula is C10H10NaO4. The van der Waals surface area contributed by atoms with Gasteiger partial charge < -0.3 is 9.47 Å². The van der Waals surface area contributed by atoms with Crippen LogP contribution in [0.1, 0.15) is 20.7 Å². The summed E-state index contributed by atoms with van der Waals surface area (Å²) in [5.74, 6) is -0.952. The van der Waals surface area contributed by atoms with Gasteiger partial charge in [0.25, 0.3) is 0 Å². The quantitative estimate of drug-likeness (QED) is 0.545. The second kappa shape index (κ2) is 6.61. The molecule has 0 aromatic heterocycles. The minimum Gasteiger partial charge on any atom is -0.465 e. The average molecular weight is 217 g/mol. The third kappa shape index (κ3) is 3.66. The van der Waals surface area contributed by atoms with Gasteiger partial charge in [0.15, 0.2) is 0 Å². The fourth-order valence-electron chi connectivity index (χ4n) is 1.01. The molecule has 0 amide bonds. The summed E-state index contributed by atoms with van der Waals surface area (Å²) in [5.41, 5.74) is 0.658. The van der Waals surface area contributed by atoms with E-state index in [0.29, 0.717) is 11.1 Å². The number of carbonyl (C=O) groups is 2. The van der Waals surface area contributed by atoms with Crippen LogP contribution in [0.25, 0.3) is 0 Å². The first kappa shape index (κ1) is 14.2. The Balaban J connectivity index is 0.00000196. The van der Waals surface area contributed by atoms with Crippen molar-refractivity contribution in [3.8, 4) is 0 Å². The predicted molar refractivity (Wildman–Crippen MR) is 54.9 cm³/mol. The fourth-order valence-corrected chi connectivity index (χ4v) is 1.01. The van der Waals surface area contributed by atoms with Gasteiger partial charge in [-0.2, -0.15) is 0 Å². The second-order valence-corrected chi connectivity index (χ2v) is 2.56. The average Bonchev–Trinajstić information content (AvgIpc) is 2.27. The van der Waals surface area contributed by atoms with Gasteiger partial charge in [0, 0.05) is 29.6 Å². The third-order valence-corrected chi connectivity index (χ3v) is 1.70. The molecule has 0 bridgehead atoms. The first-order valence-corrected chi connectivity index (χ1v) is 3.95. The maximum atomic E-state index is 11.1. The number of esters is 2. The molecule has 5 heteroatoms. The number of methoxy groups -OCH3 is 2. The van der Waals surface area contributed by atoms with Crippen molar-refractivity contribution in [2.24, 2.45) is 0 Å². The topological polar surface area (TPSA) is 52.6 Å². The Kier molecular flexibility index (Phi) is 6.24. The standard InChI is InChI=1S/C10H10O4.Na/c1-13-9(11)7-4-3-5-8(6-7)10(12)14-2;/h3-6H,1-2H3;. The van der Waals surface area contributed by atoms with E-state index in [0.717, 1.165) is 0 Å². The molecule has 0 aliphatic heterocycles. The van der Waals surface area contributed by atoms with Crippen LogP contribution < -0.4 is 0 Å². The number of benzene rings is 1. The molecule has 4 nitrogen and oxygen atoms in total.